The molecule has 0 radical (unpaired) electrons. The molecule has 1 fully saturated rings. The summed E-state index contributed by atoms with van der Waals surface area (Å²) in [6.07, 6.45) is 0.856. The van der Waals surface area contributed by atoms with Crippen molar-refractivity contribution >= 4 is 33.1 Å². The summed E-state index contributed by atoms with van der Waals surface area (Å²) in [6, 6.07) is 1.57. The van der Waals surface area contributed by atoms with Crippen molar-refractivity contribution in [1.29, 1.82) is 0 Å². The maximum atomic E-state index is 12.5. The molecule has 1 N–H and O–H groups in total. The van der Waals surface area contributed by atoms with E-state index < -0.39 is 10.0 Å². The van der Waals surface area contributed by atoms with Crippen LogP contribution in [0.2, 0.25) is 0 Å². The molecular formula is C12H19NO3S3. The van der Waals surface area contributed by atoms with Crippen molar-refractivity contribution in [2.45, 2.75) is 35.8 Å². The van der Waals surface area contributed by atoms with Gasteiger partial charge in [-0.1, -0.05) is 13.8 Å². The van der Waals surface area contributed by atoms with Crippen LogP contribution < -0.4 is 0 Å². The Balaban J connectivity index is 2.20. The summed E-state index contributed by atoms with van der Waals surface area (Å²) in [4.78, 5) is 0. The number of nitrogens with zero attached hydrogens (tertiary/aromatic N) is 1. The lowest BCUT2D eigenvalue weighted by molar-refractivity contribution is 0.282. The fourth-order valence-electron chi connectivity index (χ4n) is 1.94. The minimum absolute atomic E-state index is 0.116. The summed E-state index contributed by atoms with van der Waals surface area (Å²) < 4.78 is 27.1. The molecule has 1 aromatic heterocycles. The van der Waals surface area contributed by atoms with Gasteiger partial charge >= 0.3 is 0 Å². The zero-order valence-corrected chi connectivity index (χ0v) is 13.6. The molecule has 0 aromatic carbocycles. The van der Waals surface area contributed by atoms with Crippen LogP contribution in [0, 0.1) is 0 Å². The summed E-state index contributed by atoms with van der Waals surface area (Å²) in [5, 5.41) is 10.7. The second-order valence-electron chi connectivity index (χ2n) is 5.19. The maximum absolute atomic E-state index is 12.5. The fraction of sp³-hybridized carbons (Fsp3) is 0.667. The van der Waals surface area contributed by atoms with E-state index in [2.05, 4.69) is 13.8 Å². The van der Waals surface area contributed by atoms with E-state index in [0.29, 0.717) is 22.9 Å². The Morgan fingerprint density at radius 2 is 2.16 bits per heavy atom. The number of thiophene rings is 1. The summed E-state index contributed by atoms with van der Waals surface area (Å²) in [5.41, 5.74) is 0.660. The number of sulfonamides is 1. The number of aliphatic hydroxyl groups excluding tert-OH is 1. The summed E-state index contributed by atoms with van der Waals surface area (Å²) in [7, 11) is -3.40. The topological polar surface area (TPSA) is 57.6 Å². The molecule has 0 unspecified atom stereocenters. The summed E-state index contributed by atoms with van der Waals surface area (Å²) in [6.45, 7) is 5.32. The molecule has 108 valence electrons. The Kier molecular flexibility index (Phi) is 4.62. The van der Waals surface area contributed by atoms with Crippen LogP contribution in [0.1, 0.15) is 25.8 Å². The van der Waals surface area contributed by atoms with Crippen LogP contribution in [0.3, 0.4) is 0 Å². The van der Waals surface area contributed by atoms with Crippen molar-refractivity contribution in [3.8, 4) is 0 Å². The molecular weight excluding hydrogens is 302 g/mol. The van der Waals surface area contributed by atoms with Gasteiger partial charge in [0.05, 0.1) is 6.61 Å². The molecule has 7 heteroatoms. The van der Waals surface area contributed by atoms with Gasteiger partial charge in [0.15, 0.2) is 0 Å². The van der Waals surface area contributed by atoms with E-state index in [4.69, 9.17) is 5.11 Å². The minimum Gasteiger partial charge on any atom is -0.392 e. The van der Waals surface area contributed by atoms with Crippen molar-refractivity contribution in [1.82, 2.24) is 4.31 Å². The quantitative estimate of drug-likeness (QED) is 0.927. The summed E-state index contributed by atoms with van der Waals surface area (Å²) >= 11 is 3.01. The summed E-state index contributed by atoms with van der Waals surface area (Å²) in [5.74, 6) is 0.824. The minimum atomic E-state index is -3.40. The predicted octanol–water partition coefficient (Wildman–Crippen LogP) is 2.15. The van der Waals surface area contributed by atoms with Crippen molar-refractivity contribution in [3.63, 3.8) is 0 Å². The van der Waals surface area contributed by atoms with Gasteiger partial charge in [-0.25, -0.2) is 8.42 Å². The second-order valence-corrected chi connectivity index (χ2v) is 10.1. The average molecular weight is 321 g/mol. The van der Waals surface area contributed by atoms with E-state index in [0.717, 1.165) is 12.2 Å². The molecule has 0 amide bonds. The molecule has 2 rings (SSSR count). The first-order valence-corrected chi connectivity index (χ1v) is 9.48. The van der Waals surface area contributed by atoms with Gasteiger partial charge in [0.1, 0.15) is 4.21 Å². The highest BCUT2D eigenvalue weighted by Crippen LogP contribution is 2.33. The molecule has 0 spiro atoms. The lowest BCUT2D eigenvalue weighted by Crippen LogP contribution is -2.33. The van der Waals surface area contributed by atoms with Crippen LogP contribution in [0.25, 0.3) is 0 Å². The van der Waals surface area contributed by atoms with Crippen LogP contribution in [0.15, 0.2) is 15.7 Å². The predicted molar refractivity (Wildman–Crippen MR) is 80.2 cm³/mol. The van der Waals surface area contributed by atoms with Gasteiger partial charge in [0.25, 0.3) is 10.0 Å². The zero-order chi connectivity index (χ0) is 14.1. The van der Waals surface area contributed by atoms with Gasteiger partial charge in [-0.15, -0.1) is 11.3 Å². The van der Waals surface area contributed by atoms with E-state index in [9.17, 15) is 8.42 Å². The molecule has 1 aliphatic heterocycles. The van der Waals surface area contributed by atoms with Gasteiger partial charge < -0.3 is 5.11 Å². The average Bonchev–Trinajstić information content (AvgIpc) is 2.75. The highest BCUT2D eigenvalue weighted by Gasteiger charge is 2.31. The van der Waals surface area contributed by atoms with E-state index in [1.807, 2.05) is 11.8 Å². The molecule has 1 aromatic rings. The highest BCUT2D eigenvalue weighted by atomic mass is 32.2. The molecule has 19 heavy (non-hydrogen) atoms. The number of aliphatic hydroxyl groups is 1. The highest BCUT2D eigenvalue weighted by molar-refractivity contribution is 8.00. The monoisotopic (exact) mass is 321 g/mol. The Bertz CT molecular complexity index is 536. The number of hydrogen-bond donors (Lipinski definition) is 1. The van der Waals surface area contributed by atoms with Gasteiger partial charge in [-0.3, -0.25) is 0 Å². The first-order chi connectivity index (χ1) is 8.85. The van der Waals surface area contributed by atoms with Gasteiger partial charge in [0.2, 0.25) is 0 Å². The Morgan fingerprint density at radius 1 is 1.42 bits per heavy atom. The van der Waals surface area contributed by atoms with Crippen molar-refractivity contribution in [2.24, 2.45) is 0 Å². The smallest absolute Gasteiger partial charge is 0.252 e. The van der Waals surface area contributed by atoms with Crippen LogP contribution in [0.5, 0.6) is 0 Å². The second kappa shape index (κ2) is 5.73. The van der Waals surface area contributed by atoms with E-state index in [-0.39, 0.29) is 11.4 Å². The molecule has 4 nitrogen and oxygen atoms in total. The number of rotatable bonds is 3. The molecule has 1 aliphatic rings. The Labute approximate surface area is 122 Å². The van der Waals surface area contributed by atoms with Gasteiger partial charge in [0, 0.05) is 23.6 Å². The third-order valence-electron chi connectivity index (χ3n) is 3.20. The first kappa shape index (κ1) is 15.3. The Morgan fingerprint density at radius 3 is 2.79 bits per heavy atom. The van der Waals surface area contributed by atoms with Gasteiger partial charge in [-0.05, 0) is 23.4 Å². The molecule has 0 saturated carbocycles. The van der Waals surface area contributed by atoms with Crippen molar-refractivity contribution in [3.05, 3.63) is 17.0 Å². The number of thioether (sulfide) groups is 1. The molecule has 1 saturated heterocycles. The normalized spacial score (nSPS) is 21.2. The Hall–Kier alpha value is -0.0800. The van der Waals surface area contributed by atoms with Crippen molar-refractivity contribution in [2.75, 3.05) is 18.8 Å². The number of hydrogen-bond acceptors (Lipinski definition) is 5. The van der Waals surface area contributed by atoms with E-state index >= 15 is 0 Å². The zero-order valence-electron chi connectivity index (χ0n) is 11.1. The first-order valence-electron chi connectivity index (χ1n) is 6.17. The van der Waals surface area contributed by atoms with Crippen LogP contribution in [0.4, 0.5) is 0 Å². The molecule has 0 bridgehead atoms. The lowest BCUT2D eigenvalue weighted by atomic mass is 10.1. The third kappa shape index (κ3) is 3.52. The van der Waals surface area contributed by atoms with Crippen LogP contribution in [-0.4, -0.2) is 41.4 Å². The standard InChI is InChI=1S/C12H19NO3S3/c1-12(2)3-4-13(5-6-18-12)19(15,16)11-7-10(8-14)9-17-11/h7,9,14H,3-6,8H2,1-2H3. The molecule has 0 aliphatic carbocycles. The molecule has 0 atom stereocenters. The van der Waals surface area contributed by atoms with Crippen molar-refractivity contribution < 1.29 is 13.5 Å². The van der Waals surface area contributed by atoms with E-state index in [1.54, 1.807) is 15.8 Å². The third-order valence-corrected chi connectivity index (χ3v) is 7.94. The molecule has 2 heterocycles. The van der Waals surface area contributed by atoms with Crippen LogP contribution >= 0.6 is 23.1 Å². The van der Waals surface area contributed by atoms with Crippen LogP contribution in [-0.2, 0) is 16.6 Å². The lowest BCUT2D eigenvalue weighted by Gasteiger charge is -2.22. The van der Waals surface area contributed by atoms with Gasteiger partial charge in [-0.2, -0.15) is 16.1 Å². The maximum Gasteiger partial charge on any atom is 0.252 e. The fourth-order valence-corrected chi connectivity index (χ4v) is 5.95. The SMILES string of the molecule is CC1(C)CCN(S(=O)(=O)c2cc(CO)cs2)CCS1. The van der Waals surface area contributed by atoms with E-state index in [1.165, 1.54) is 11.3 Å². The largest absolute Gasteiger partial charge is 0.392 e.